The standard InChI is InChI=1S/C5H11BO2.2H2/c7-6(8)5-3-1-2-4-5;;/h5,7-8H,1-4H2;2*1H. The van der Waals surface area contributed by atoms with Crippen LogP contribution in [-0.4, -0.2) is 17.2 Å². The van der Waals surface area contributed by atoms with Gasteiger partial charge in [0, 0.05) is 2.85 Å². The molecule has 0 aliphatic heterocycles. The van der Waals surface area contributed by atoms with Crippen LogP contribution < -0.4 is 0 Å². The lowest BCUT2D eigenvalue weighted by Gasteiger charge is -2.03. The largest absolute Gasteiger partial charge is 0.454 e. The molecule has 1 aliphatic carbocycles. The average molecular weight is 118 g/mol. The number of rotatable bonds is 1. The van der Waals surface area contributed by atoms with Crippen LogP contribution in [0.5, 0.6) is 0 Å². The van der Waals surface area contributed by atoms with Crippen LogP contribution in [0.15, 0.2) is 0 Å². The van der Waals surface area contributed by atoms with Gasteiger partial charge < -0.3 is 10.0 Å². The average Bonchev–Trinajstić information content (AvgIpc) is 2.12. The van der Waals surface area contributed by atoms with Gasteiger partial charge >= 0.3 is 7.12 Å². The van der Waals surface area contributed by atoms with Gasteiger partial charge in [-0.25, -0.2) is 0 Å². The minimum Gasteiger partial charge on any atom is -0.427 e. The molecule has 0 radical (unpaired) electrons. The van der Waals surface area contributed by atoms with Gasteiger partial charge in [-0.05, 0) is 5.82 Å². The molecule has 0 heterocycles. The van der Waals surface area contributed by atoms with Crippen LogP contribution in [0.25, 0.3) is 0 Å². The summed E-state index contributed by atoms with van der Waals surface area (Å²) in [4.78, 5) is 0. The second kappa shape index (κ2) is 2.51. The maximum atomic E-state index is 8.61. The molecule has 0 aromatic heterocycles. The molecular formula is C5H15BO2. The molecule has 0 atom stereocenters. The second-order valence-corrected chi connectivity index (χ2v) is 2.46. The van der Waals surface area contributed by atoms with E-state index in [1.165, 1.54) is 12.8 Å². The predicted octanol–water partition coefficient (Wildman–Crippen LogP) is 0.895. The zero-order valence-corrected chi connectivity index (χ0v) is 4.88. The van der Waals surface area contributed by atoms with Gasteiger partial charge in [0.2, 0.25) is 0 Å². The van der Waals surface area contributed by atoms with E-state index in [1.54, 1.807) is 0 Å². The van der Waals surface area contributed by atoms with Crippen LogP contribution in [0.3, 0.4) is 0 Å². The highest BCUT2D eigenvalue weighted by Crippen LogP contribution is 2.30. The molecule has 0 aromatic rings. The fraction of sp³-hybridized carbons (Fsp3) is 1.00. The Kier molecular flexibility index (Phi) is 1.92. The van der Waals surface area contributed by atoms with Crippen molar-refractivity contribution in [2.24, 2.45) is 0 Å². The highest BCUT2D eigenvalue weighted by Gasteiger charge is 2.25. The molecule has 0 unspecified atom stereocenters. The zero-order chi connectivity index (χ0) is 5.98. The summed E-state index contributed by atoms with van der Waals surface area (Å²) in [5.41, 5.74) is 0. The van der Waals surface area contributed by atoms with Crippen LogP contribution >= 0.6 is 0 Å². The highest BCUT2D eigenvalue weighted by molar-refractivity contribution is 6.43. The van der Waals surface area contributed by atoms with Crippen LogP contribution in [0, 0.1) is 0 Å². The number of hydrogen-bond donors (Lipinski definition) is 2. The maximum Gasteiger partial charge on any atom is 0.454 e. The third-order valence-electron chi connectivity index (χ3n) is 1.82. The van der Waals surface area contributed by atoms with Crippen molar-refractivity contribution in [2.45, 2.75) is 31.5 Å². The van der Waals surface area contributed by atoms with Crippen LogP contribution in [0.1, 0.15) is 28.5 Å². The fourth-order valence-corrected chi connectivity index (χ4v) is 1.26. The second-order valence-electron chi connectivity index (χ2n) is 2.46. The van der Waals surface area contributed by atoms with E-state index in [9.17, 15) is 0 Å². The first kappa shape index (κ1) is 6.11. The molecule has 3 heteroatoms. The molecule has 0 saturated heterocycles. The summed E-state index contributed by atoms with van der Waals surface area (Å²) in [6.07, 6.45) is 4.33. The monoisotopic (exact) mass is 118 g/mol. The summed E-state index contributed by atoms with van der Waals surface area (Å²) in [5.74, 6) is 0.176. The summed E-state index contributed by atoms with van der Waals surface area (Å²) >= 11 is 0. The van der Waals surface area contributed by atoms with Crippen molar-refractivity contribution in [2.75, 3.05) is 0 Å². The van der Waals surface area contributed by atoms with Crippen molar-refractivity contribution in [1.29, 1.82) is 0 Å². The van der Waals surface area contributed by atoms with E-state index in [0.717, 1.165) is 12.8 Å². The molecule has 0 aromatic carbocycles. The van der Waals surface area contributed by atoms with Gasteiger partial charge in [0.15, 0.2) is 0 Å². The van der Waals surface area contributed by atoms with Crippen molar-refractivity contribution in [3.8, 4) is 0 Å². The Labute approximate surface area is 52.6 Å². The molecule has 0 bridgehead atoms. The molecule has 1 fully saturated rings. The Balaban J connectivity index is 0. The summed E-state index contributed by atoms with van der Waals surface area (Å²) < 4.78 is 0. The normalized spacial score (nSPS) is 21.8. The van der Waals surface area contributed by atoms with Crippen molar-refractivity contribution >= 4 is 7.12 Å². The first-order valence-corrected chi connectivity index (χ1v) is 3.17. The Morgan fingerprint density at radius 2 is 1.75 bits per heavy atom. The van der Waals surface area contributed by atoms with Gasteiger partial charge in [-0.2, -0.15) is 0 Å². The van der Waals surface area contributed by atoms with E-state index in [2.05, 4.69) is 0 Å². The zero-order valence-electron chi connectivity index (χ0n) is 4.88. The topological polar surface area (TPSA) is 40.5 Å². The predicted molar refractivity (Wildman–Crippen MR) is 36.6 cm³/mol. The van der Waals surface area contributed by atoms with Gasteiger partial charge in [0.25, 0.3) is 0 Å². The van der Waals surface area contributed by atoms with Crippen molar-refractivity contribution in [3.63, 3.8) is 0 Å². The van der Waals surface area contributed by atoms with Gasteiger partial charge in [-0.15, -0.1) is 0 Å². The van der Waals surface area contributed by atoms with E-state index in [0.29, 0.717) is 0 Å². The van der Waals surface area contributed by atoms with Crippen LogP contribution in [0.4, 0.5) is 0 Å². The molecule has 0 spiro atoms. The van der Waals surface area contributed by atoms with E-state index in [4.69, 9.17) is 10.0 Å². The summed E-state index contributed by atoms with van der Waals surface area (Å²) in [5, 5.41) is 17.2. The van der Waals surface area contributed by atoms with E-state index >= 15 is 0 Å². The third-order valence-corrected chi connectivity index (χ3v) is 1.82. The van der Waals surface area contributed by atoms with Crippen molar-refractivity contribution in [1.82, 2.24) is 0 Å². The third kappa shape index (κ3) is 1.23. The first-order chi connectivity index (χ1) is 3.80. The Hall–Kier alpha value is -0.0151. The van der Waals surface area contributed by atoms with E-state index in [1.807, 2.05) is 0 Å². The quantitative estimate of drug-likeness (QED) is 0.502. The van der Waals surface area contributed by atoms with E-state index in [-0.39, 0.29) is 8.67 Å². The molecular weight excluding hydrogens is 103 g/mol. The molecule has 8 heavy (non-hydrogen) atoms. The van der Waals surface area contributed by atoms with Gasteiger partial charge in [0.05, 0.1) is 0 Å². The van der Waals surface area contributed by atoms with Gasteiger partial charge in [-0.3, -0.25) is 0 Å². The SMILES string of the molecule is OB(O)C1CCCC1.[HH].[HH]. The maximum absolute atomic E-state index is 8.61. The van der Waals surface area contributed by atoms with Gasteiger partial charge in [0.1, 0.15) is 0 Å². The van der Waals surface area contributed by atoms with Crippen LogP contribution in [0.2, 0.25) is 5.82 Å². The minimum atomic E-state index is -1.06. The lowest BCUT2D eigenvalue weighted by Crippen LogP contribution is -2.17. The van der Waals surface area contributed by atoms with Crippen molar-refractivity contribution in [3.05, 3.63) is 0 Å². The Bertz CT molecular complexity index is 76.0. The molecule has 1 saturated carbocycles. The lowest BCUT2D eigenvalue weighted by atomic mass is 9.72. The summed E-state index contributed by atoms with van der Waals surface area (Å²) in [6.45, 7) is 0. The first-order valence-electron chi connectivity index (χ1n) is 3.17. The highest BCUT2D eigenvalue weighted by atomic mass is 16.4. The van der Waals surface area contributed by atoms with E-state index < -0.39 is 7.12 Å². The smallest absolute Gasteiger partial charge is 0.427 e. The molecule has 0 amide bonds. The van der Waals surface area contributed by atoms with Crippen molar-refractivity contribution < 1.29 is 12.9 Å². The lowest BCUT2D eigenvalue weighted by molar-refractivity contribution is 0.384. The summed E-state index contributed by atoms with van der Waals surface area (Å²) in [6, 6.07) is 0. The van der Waals surface area contributed by atoms with Gasteiger partial charge in [-0.1, -0.05) is 25.7 Å². The molecule has 50 valence electrons. The molecule has 1 aliphatic rings. The summed E-state index contributed by atoms with van der Waals surface area (Å²) in [7, 11) is -1.06. The minimum absolute atomic E-state index is 0. The Morgan fingerprint density at radius 1 is 1.25 bits per heavy atom. The fourth-order valence-electron chi connectivity index (χ4n) is 1.26. The number of hydrogen-bond acceptors (Lipinski definition) is 2. The molecule has 1 rings (SSSR count). The Morgan fingerprint density at radius 3 is 2.00 bits per heavy atom. The van der Waals surface area contributed by atoms with Crippen LogP contribution in [-0.2, 0) is 0 Å². The molecule has 2 nitrogen and oxygen atoms in total. The molecule has 2 N–H and O–H groups in total.